The van der Waals surface area contributed by atoms with Gasteiger partial charge in [0.2, 0.25) is 5.91 Å². The Kier molecular flexibility index (Phi) is 4.39. The highest BCUT2D eigenvalue weighted by Crippen LogP contribution is 2.28. The fourth-order valence-electron chi connectivity index (χ4n) is 2.14. The summed E-state index contributed by atoms with van der Waals surface area (Å²) in [6, 6.07) is 16.0. The fraction of sp³-hybridized carbons (Fsp3) is 0. The molecule has 24 heavy (non-hydrogen) atoms. The first kappa shape index (κ1) is 15.9. The molecule has 0 atom stereocenters. The minimum absolute atomic E-state index is 0.250. The highest BCUT2D eigenvalue weighted by molar-refractivity contribution is 7.17. The zero-order valence-electron chi connectivity index (χ0n) is 12.5. The van der Waals surface area contributed by atoms with Crippen LogP contribution in [0.5, 0.6) is 0 Å². The van der Waals surface area contributed by atoms with Crippen LogP contribution in [0.25, 0.3) is 10.4 Å². The predicted octanol–water partition coefficient (Wildman–Crippen LogP) is 3.91. The van der Waals surface area contributed by atoms with Gasteiger partial charge < -0.3 is 11.1 Å². The van der Waals surface area contributed by atoms with E-state index in [0.717, 1.165) is 10.4 Å². The zero-order valence-corrected chi connectivity index (χ0v) is 13.3. The third-order valence-electron chi connectivity index (χ3n) is 3.39. The van der Waals surface area contributed by atoms with E-state index in [0.29, 0.717) is 16.1 Å². The molecule has 120 valence electrons. The first-order chi connectivity index (χ1) is 11.5. The van der Waals surface area contributed by atoms with Gasteiger partial charge in [-0.3, -0.25) is 9.59 Å². The van der Waals surface area contributed by atoms with E-state index in [1.54, 1.807) is 42.5 Å². The summed E-state index contributed by atoms with van der Waals surface area (Å²) in [6.07, 6.45) is 0. The molecule has 0 radical (unpaired) electrons. The number of primary amides is 1. The minimum atomic E-state index is -0.518. The van der Waals surface area contributed by atoms with Gasteiger partial charge in [-0.25, -0.2) is 4.39 Å². The third kappa shape index (κ3) is 3.49. The van der Waals surface area contributed by atoms with Crippen molar-refractivity contribution in [2.75, 3.05) is 5.32 Å². The lowest BCUT2D eigenvalue weighted by Gasteiger charge is -2.04. The van der Waals surface area contributed by atoms with Gasteiger partial charge >= 0.3 is 0 Å². The number of nitrogens with two attached hydrogens (primary N) is 1. The Hall–Kier alpha value is -2.99. The molecule has 0 aliphatic carbocycles. The maximum Gasteiger partial charge on any atom is 0.265 e. The minimum Gasteiger partial charge on any atom is -0.366 e. The topological polar surface area (TPSA) is 72.2 Å². The summed E-state index contributed by atoms with van der Waals surface area (Å²) in [7, 11) is 0. The number of carbonyl (C=O) groups is 2. The highest BCUT2D eigenvalue weighted by atomic mass is 32.1. The number of anilines is 1. The lowest BCUT2D eigenvalue weighted by molar-refractivity contribution is 0.0998. The van der Waals surface area contributed by atoms with Gasteiger partial charge in [-0.2, -0.15) is 0 Å². The van der Waals surface area contributed by atoms with Crippen LogP contribution in [0.2, 0.25) is 0 Å². The molecular weight excluding hydrogens is 327 g/mol. The van der Waals surface area contributed by atoms with Gasteiger partial charge in [0.1, 0.15) is 5.82 Å². The third-order valence-corrected chi connectivity index (χ3v) is 4.52. The number of thiophene rings is 1. The van der Waals surface area contributed by atoms with Gasteiger partial charge in [0.15, 0.2) is 0 Å². The first-order valence-electron chi connectivity index (χ1n) is 7.10. The van der Waals surface area contributed by atoms with Crippen LogP contribution in [0, 0.1) is 5.82 Å². The monoisotopic (exact) mass is 340 g/mol. The van der Waals surface area contributed by atoms with Crippen LogP contribution in [0.3, 0.4) is 0 Å². The number of nitrogens with one attached hydrogen (secondary N) is 1. The largest absolute Gasteiger partial charge is 0.366 e. The van der Waals surface area contributed by atoms with Gasteiger partial charge in [0.05, 0.1) is 4.88 Å². The van der Waals surface area contributed by atoms with E-state index in [1.165, 1.54) is 23.5 Å². The zero-order chi connectivity index (χ0) is 17.1. The number of hydrogen-bond acceptors (Lipinski definition) is 3. The normalized spacial score (nSPS) is 10.4. The lowest BCUT2D eigenvalue weighted by atomic mass is 10.2. The van der Waals surface area contributed by atoms with E-state index in [4.69, 9.17) is 5.73 Å². The quantitative estimate of drug-likeness (QED) is 0.756. The highest BCUT2D eigenvalue weighted by Gasteiger charge is 2.11. The van der Waals surface area contributed by atoms with Crippen LogP contribution in [0.1, 0.15) is 20.0 Å². The molecule has 0 aliphatic heterocycles. The molecule has 3 rings (SSSR count). The van der Waals surface area contributed by atoms with Crippen molar-refractivity contribution < 1.29 is 14.0 Å². The molecule has 4 nitrogen and oxygen atoms in total. The molecule has 2 aromatic carbocycles. The van der Waals surface area contributed by atoms with Crippen LogP contribution >= 0.6 is 11.3 Å². The van der Waals surface area contributed by atoms with E-state index in [9.17, 15) is 14.0 Å². The van der Waals surface area contributed by atoms with Crippen molar-refractivity contribution in [3.8, 4) is 10.4 Å². The number of amides is 2. The van der Waals surface area contributed by atoms with E-state index in [-0.39, 0.29) is 11.7 Å². The van der Waals surface area contributed by atoms with Gasteiger partial charge in [-0.15, -0.1) is 11.3 Å². The number of hydrogen-bond donors (Lipinski definition) is 2. The number of halogens is 1. The maximum atomic E-state index is 13.0. The second-order valence-electron chi connectivity index (χ2n) is 5.07. The predicted molar refractivity (Wildman–Crippen MR) is 92.6 cm³/mol. The molecular formula is C18H13FN2O2S. The van der Waals surface area contributed by atoms with E-state index in [1.807, 2.05) is 6.07 Å². The van der Waals surface area contributed by atoms with Crippen molar-refractivity contribution in [2.24, 2.45) is 5.73 Å². The summed E-state index contributed by atoms with van der Waals surface area (Å²) >= 11 is 1.32. The smallest absolute Gasteiger partial charge is 0.265 e. The Morgan fingerprint density at radius 2 is 1.58 bits per heavy atom. The van der Waals surface area contributed by atoms with E-state index in [2.05, 4.69) is 5.32 Å². The van der Waals surface area contributed by atoms with Crippen LogP contribution in [-0.4, -0.2) is 11.8 Å². The maximum absolute atomic E-state index is 13.0. The van der Waals surface area contributed by atoms with Crippen LogP contribution < -0.4 is 11.1 Å². The Morgan fingerprint density at radius 3 is 2.21 bits per heavy atom. The van der Waals surface area contributed by atoms with Gasteiger partial charge in [-0.05, 0) is 54.1 Å². The molecule has 0 saturated heterocycles. The molecule has 1 aromatic heterocycles. The summed E-state index contributed by atoms with van der Waals surface area (Å²) in [5, 5.41) is 2.76. The first-order valence-corrected chi connectivity index (χ1v) is 7.91. The van der Waals surface area contributed by atoms with Gasteiger partial charge in [0, 0.05) is 16.1 Å². The van der Waals surface area contributed by atoms with Crippen LogP contribution in [0.15, 0.2) is 60.7 Å². The number of rotatable bonds is 4. The summed E-state index contributed by atoms with van der Waals surface area (Å²) in [4.78, 5) is 24.7. The standard InChI is InChI=1S/C18H13FN2O2S/c19-13-5-1-11(2-6-13)15-9-10-16(24-15)18(23)21-14-7-3-12(4-8-14)17(20)22/h1-10H,(H2,20,22)(H,21,23). The second kappa shape index (κ2) is 6.64. The summed E-state index contributed by atoms with van der Waals surface area (Å²) in [5.41, 5.74) is 6.98. The van der Waals surface area contributed by atoms with E-state index >= 15 is 0 Å². The van der Waals surface area contributed by atoms with Crippen LogP contribution in [0.4, 0.5) is 10.1 Å². The average Bonchev–Trinajstić information content (AvgIpc) is 3.06. The van der Waals surface area contributed by atoms with Crippen molar-refractivity contribution in [1.82, 2.24) is 0 Å². The van der Waals surface area contributed by atoms with Gasteiger partial charge in [-0.1, -0.05) is 12.1 Å². The SMILES string of the molecule is NC(=O)c1ccc(NC(=O)c2ccc(-c3ccc(F)cc3)s2)cc1. The molecule has 1 heterocycles. The molecule has 0 saturated carbocycles. The van der Waals surface area contributed by atoms with Crippen molar-refractivity contribution in [3.05, 3.63) is 76.9 Å². The molecule has 2 amide bonds. The molecule has 0 bridgehead atoms. The molecule has 0 fully saturated rings. The second-order valence-corrected chi connectivity index (χ2v) is 6.15. The number of carbonyl (C=O) groups excluding carboxylic acids is 2. The molecule has 0 unspecified atom stereocenters. The van der Waals surface area contributed by atoms with E-state index < -0.39 is 5.91 Å². The molecule has 3 aromatic rings. The fourth-order valence-corrected chi connectivity index (χ4v) is 3.05. The van der Waals surface area contributed by atoms with Crippen molar-refractivity contribution in [2.45, 2.75) is 0 Å². The van der Waals surface area contributed by atoms with Crippen molar-refractivity contribution in [1.29, 1.82) is 0 Å². The van der Waals surface area contributed by atoms with Crippen molar-refractivity contribution >= 4 is 28.8 Å². The van der Waals surface area contributed by atoms with Crippen LogP contribution in [-0.2, 0) is 0 Å². The summed E-state index contributed by atoms with van der Waals surface area (Å²) < 4.78 is 13.0. The Morgan fingerprint density at radius 1 is 0.917 bits per heavy atom. The summed E-state index contributed by atoms with van der Waals surface area (Å²) in [6.45, 7) is 0. The molecule has 0 spiro atoms. The Balaban J connectivity index is 1.73. The van der Waals surface area contributed by atoms with Crippen molar-refractivity contribution in [3.63, 3.8) is 0 Å². The molecule has 3 N–H and O–H groups in total. The summed E-state index contributed by atoms with van der Waals surface area (Å²) in [5.74, 6) is -1.07. The lowest BCUT2D eigenvalue weighted by Crippen LogP contribution is -2.12. The van der Waals surface area contributed by atoms with Gasteiger partial charge in [0.25, 0.3) is 5.91 Å². The average molecular weight is 340 g/mol. The molecule has 6 heteroatoms. The molecule has 0 aliphatic rings. The Bertz CT molecular complexity index is 886. The number of benzene rings is 2. The Labute approximate surface area is 141 Å².